The molecule has 0 aliphatic heterocycles. The largest absolute Gasteiger partial charge is 0.424 e. The van der Waals surface area contributed by atoms with Crippen LogP contribution in [0, 0.1) is 13.8 Å². The van der Waals surface area contributed by atoms with Crippen molar-refractivity contribution in [2.24, 2.45) is 0 Å². The Hall–Kier alpha value is -1.88. The average molecular weight is 251 g/mol. The van der Waals surface area contributed by atoms with E-state index in [2.05, 4.69) is 15.0 Å². The lowest BCUT2D eigenvalue weighted by Gasteiger charge is -2.06. The second-order valence-electron chi connectivity index (χ2n) is 3.59. The molecule has 2 aromatic rings. The highest BCUT2D eigenvalue weighted by atomic mass is 35.5. The lowest BCUT2D eigenvalue weighted by atomic mass is 10.1. The SMILES string of the molecule is Cc1ccc(Oc2nc(N)nc(Cl)n2)cc1C. The average Bonchev–Trinajstić information content (AvgIpc) is 2.22. The summed E-state index contributed by atoms with van der Waals surface area (Å²) in [7, 11) is 0. The summed E-state index contributed by atoms with van der Waals surface area (Å²) in [5, 5.41) is 0.0105. The van der Waals surface area contributed by atoms with Crippen molar-refractivity contribution in [2.75, 3.05) is 5.73 Å². The first-order valence-corrected chi connectivity index (χ1v) is 5.34. The normalized spacial score (nSPS) is 10.3. The molecule has 0 bridgehead atoms. The van der Waals surface area contributed by atoms with E-state index in [0.29, 0.717) is 5.75 Å². The van der Waals surface area contributed by atoms with Crippen LogP contribution in [0.1, 0.15) is 11.1 Å². The molecule has 0 amide bonds. The summed E-state index contributed by atoms with van der Waals surface area (Å²) in [6.07, 6.45) is 0. The van der Waals surface area contributed by atoms with E-state index in [0.717, 1.165) is 5.56 Å². The highest BCUT2D eigenvalue weighted by molar-refractivity contribution is 6.28. The van der Waals surface area contributed by atoms with E-state index in [1.807, 2.05) is 32.0 Å². The standard InChI is InChI=1S/C11H11ClN4O/c1-6-3-4-8(5-7(6)2)17-11-15-9(12)14-10(13)16-11/h3-5H,1-2H3,(H2,13,14,15,16). The zero-order chi connectivity index (χ0) is 12.4. The van der Waals surface area contributed by atoms with E-state index >= 15 is 0 Å². The van der Waals surface area contributed by atoms with Crippen LogP contribution in [0.15, 0.2) is 18.2 Å². The van der Waals surface area contributed by atoms with Gasteiger partial charge in [-0.15, -0.1) is 0 Å². The summed E-state index contributed by atoms with van der Waals surface area (Å²) in [5.41, 5.74) is 7.75. The number of hydrogen-bond donors (Lipinski definition) is 1. The van der Waals surface area contributed by atoms with E-state index in [4.69, 9.17) is 22.1 Å². The summed E-state index contributed by atoms with van der Waals surface area (Å²) in [5.74, 6) is 0.665. The molecule has 2 rings (SSSR count). The first-order chi connectivity index (χ1) is 8.04. The summed E-state index contributed by atoms with van der Waals surface area (Å²) in [4.78, 5) is 11.3. The molecular weight excluding hydrogens is 240 g/mol. The van der Waals surface area contributed by atoms with Gasteiger partial charge in [-0.2, -0.15) is 15.0 Å². The molecular formula is C11H11ClN4O. The topological polar surface area (TPSA) is 73.9 Å². The number of halogens is 1. The third-order valence-electron chi connectivity index (χ3n) is 2.29. The van der Waals surface area contributed by atoms with Gasteiger partial charge >= 0.3 is 6.01 Å². The van der Waals surface area contributed by atoms with Crippen LogP contribution in [-0.4, -0.2) is 15.0 Å². The van der Waals surface area contributed by atoms with Gasteiger partial charge in [0, 0.05) is 0 Å². The minimum atomic E-state index is 0.0105. The van der Waals surface area contributed by atoms with Crippen LogP contribution in [0.5, 0.6) is 11.8 Å². The van der Waals surface area contributed by atoms with Gasteiger partial charge in [-0.05, 0) is 48.7 Å². The molecule has 0 fully saturated rings. The third kappa shape index (κ3) is 2.82. The Morgan fingerprint density at radius 1 is 1.12 bits per heavy atom. The number of rotatable bonds is 2. The Labute approximate surface area is 104 Å². The molecule has 0 atom stereocenters. The number of nitrogens with two attached hydrogens (primary N) is 1. The Bertz CT molecular complexity index is 539. The number of nitrogen functional groups attached to an aromatic ring is 1. The predicted octanol–water partition coefficient (Wildman–Crippen LogP) is 2.52. The molecule has 6 heteroatoms. The first kappa shape index (κ1) is 11.6. The van der Waals surface area contributed by atoms with Crippen molar-refractivity contribution in [3.63, 3.8) is 0 Å². The number of anilines is 1. The number of ether oxygens (including phenoxy) is 1. The molecule has 88 valence electrons. The van der Waals surface area contributed by atoms with Crippen LogP contribution in [0.3, 0.4) is 0 Å². The lowest BCUT2D eigenvalue weighted by Crippen LogP contribution is -2.00. The lowest BCUT2D eigenvalue weighted by molar-refractivity contribution is 0.440. The Morgan fingerprint density at radius 2 is 1.88 bits per heavy atom. The second-order valence-corrected chi connectivity index (χ2v) is 3.93. The fraction of sp³-hybridized carbons (Fsp3) is 0.182. The number of nitrogens with zero attached hydrogens (tertiary/aromatic N) is 3. The van der Waals surface area contributed by atoms with E-state index in [9.17, 15) is 0 Å². The molecule has 17 heavy (non-hydrogen) atoms. The molecule has 1 heterocycles. The van der Waals surface area contributed by atoms with Gasteiger partial charge in [0.25, 0.3) is 0 Å². The maximum Gasteiger partial charge on any atom is 0.328 e. The Balaban J connectivity index is 2.28. The zero-order valence-electron chi connectivity index (χ0n) is 9.44. The molecule has 0 unspecified atom stereocenters. The fourth-order valence-electron chi connectivity index (χ4n) is 1.27. The minimum absolute atomic E-state index is 0.0105. The summed E-state index contributed by atoms with van der Waals surface area (Å²) < 4.78 is 5.45. The van der Waals surface area contributed by atoms with Crippen LogP contribution in [-0.2, 0) is 0 Å². The van der Waals surface area contributed by atoms with Crippen molar-refractivity contribution in [3.8, 4) is 11.8 Å². The maximum absolute atomic E-state index is 5.65. The van der Waals surface area contributed by atoms with Gasteiger partial charge in [-0.25, -0.2) is 0 Å². The van der Waals surface area contributed by atoms with Crippen LogP contribution < -0.4 is 10.5 Å². The number of aryl methyl sites for hydroxylation is 2. The molecule has 0 aliphatic carbocycles. The van der Waals surface area contributed by atoms with E-state index in [1.54, 1.807) is 0 Å². The number of benzene rings is 1. The van der Waals surface area contributed by atoms with E-state index in [-0.39, 0.29) is 17.2 Å². The monoisotopic (exact) mass is 250 g/mol. The van der Waals surface area contributed by atoms with Gasteiger partial charge in [0.1, 0.15) is 5.75 Å². The van der Waals surface area contributed by atoms with Crippen molar-refractivity contribution >= 4 is 17.5 Å². The van der Waals surface area contributed by atoms with Gasteiger partial charge in [-0.3, -0.25) is 0 Å². The van der Waals surface area contributed by atoms with Crippen molar-refractivity contribution < 1.29 is 4.74 Å². The molecule has 2 N–H and O–H groups in total. The van der Waals surface area contributed by atoms with Gasteiger partial charge in [0.2, 0.25) is 11.2 Å². The highest BCUT2D eigenvalue weighted by Gasteiger charge is 2.05. The highest BCUT2D eigenvalue weighted by Crippen LogP contribution is 2.21. The Morgan fingerprint density at radius 3 is 2.53 bits per heavy atom. The quantitative estimate of drug-likeness (QED) is 0.887. The summed E-state index contributed by atoms with van der Waals surface area (Å²) in [6, 6.07) is 5.77. The van der Waals surface area contributed by atoms with Crippen LogP contribution in [0.4, 0.5) is 5.95 Å². The molecule has 0 radical (unpaired) electrons. The van der Waals surface area contributed by atoms with Gasteiger partial charge in [0.05, 0.1) is 0 Å². The van der Waals surface area contributed by atoms with Crippen molar-refractivity contribution in [1.29, 1.82) is 0 Å². The van der Waals surface area contributed by atoms with Crippen LogP contribution in [0.2, 0.25) is 5.28 Å². The maximum atomic E-state index is 5.65. The first-order valence-electron chi connectivity index (χ1n) is 4.97. The molecule has 0 aliphatic rings. The molecule has 0 spiro atoms. The molecule has 1 aromatic heterocycles. The molecule has 0 saturated carbocycles. The van der Waals surface area contributed by atoms with Gasteiger partial charge in [-0.1, -0.05) is 6.07 Å². The van der Waals surface area contributed by atoms with Crippen molar-refractivity contribution in [1.82, 2.24) is 15.0 Å². The van der Waals surface area contributed by atoms with E-state index < -0.39 is 0 Å². The zero-order valence-corrected chi connectivity index (χ0v) is 10.2. The molecule has 1 aromatic carbocycles. The van der Waals surface area contributed by atoms with Crippen molar-refractivity contribution in [3.05, 3.63) is 34.6 Å². The Kier molecular flexibility index (Phi) is 3.10. The minimum Gasteiger partial charge on any atom is -0.424 e. The molecule has 0 saturated heterocycles. The fourth-order valence-corrected chi connectivity index (χ4v) is 1.43. The van der Waals surface area contributed by atoms with E-state index in [1.165, 1.54) is 5.56 Å². The predicted molar refractivity (Wildman–Crippen MR) is 65.2 cm³/mol. The number of hydrogen-bond acceptors (Lipinski definition) is 5. The van der Waals surface area contributed by atoms with Crippen LogP contribution in [0.25, 0.3) is 0 Å². The third-order valence-corrected chi connectivity index (χ3v) is 2.46. The summed E-state index contributed by atoms with van der Waals surface area (Å²) in [6.45, 7) is 4.02. The summed E-state index contributed by atoms with van der Waals surface area (Å²) >= 11 is 5.65. The van der Waals surface area contributed by atoms with Gasteiger partial charge in [0.15, 0.2) is 0 Å². The molecule has 5 nitrogen and oxygen atoms in total. The number of aromatic nitrogens is 3. The second kappa shape index (κ2) is 4.55. The van der Waals surface area contributed by atoms with Gasteiger partial charge < -0.3 is 10.5 Å². The smallest absolute Gasteiger partial charge is 0.328 e. The van der Waals surface area contributed by atoms with Crippen LogP contribution >= 0.6 is 11.6 Å². The van der Waals surface area contributed by atoms with Crippen molar-refractivity contribution in [2.45, 2.75) is 13.8 Å².